The van der Waals surface area contributed by atoms with Crippen molar-refractivity contribution in [3.63, 3.8) is 0 Å². The van der Waals surface area contributed by atoms with Gasteiger partial charge in [0.25, 0.3) is 0 Å². The van der Waals surface area contributed by atoms with Crippen LogP contribution in [0.5, 0.6) is 0 Å². The van der Waals surface area contributed by atoms with Crippen LogP contribution in [-0.4, -0.2) is 43.5 Å². The van der Waals surface area contributed by atoms with Gasteiger partial charge in [0.05, 0.1) is 13.2 Å². The molecule has 0 N–H and O–H groups in total. The smallest absolute Gasteiger partial charge is 0.140 e. The molecule has 0 amide bonds. The van der Waals surface area contributed by atoms with Gasteiger partial charge in [-0.05, 0) is 20.9 Å². The summed E-state index contributed by atoms with van der Waals surface area (Å²) in [4.78, 5) is 14.1. The highest BCUT2D eigenvalue weighted by Gasteiger charge is 2.28. The van der Waals surface area contributed by atoms with E-state index in [1.165, 1.54) is 0 Å². The molecular formula is C16H33NO2. The topological polar surface area (TPSA) is 29.5 Å². The van der Waals surface area contributed by atoms with E-state index in [4.69, 9.17) is 4.74 Å². The van der Waals surface area contributed by atoms with E-state index in [1.807, 2.05) is 20.8 Å². The lowest BCUT2D eigenvalue weighted by atomic mass is 9.87. The highest BCUT2D eigenvalue weighted by Crippen LogP contribution is 2.22. The van der Waals surface area contributed by atoms with E-state index in [0.29, 0.717) is 25.7 Å². The summed E-state index contributed by atoms with van der Waals surface area (Å²) in [6.45, 7) is 16.8. The molecule has 19 heavy (non-hydrogen) atoms. The molecule has 0 bridgehead atoms. The van der Waals surface area contributed by atoms with Gasteiger partial charge in [-0.25, -0.2) is 0 Å². The third-order valence-corrected chi connectivity index (χ3v) is 3.59. The van der Waals surface area contributed by atoms with Gasteiger partial charge < -0.3 is 9.64 Å². The van der Waals surface area contributed by atoms with Crippen LogP contribution in [0.4, 0.5) is 0 Å². The first-order valence-corrected chi connectivity index (χ1v) is 7.33. The fourth-order valence-corrected chi connectivity index (χ4v) is 2.04. The van der Waals surface area contributed by atoms with Gasteiger partial charge in [0.1, 0.15) is 5.78 Å². The van der Waals surface area contributed by atoms with E-state index in [9.17, 15) is 4.79 Å². The Hall–Kier alpha value is -0.410. The van der Waals surface area contributed by atoms with Crippen LogP contribution in [0.1, 0.15) is 54.9 Å². The lowest BCUT2D eigenvalue weighted by Gasteiger charge is -2.33. The molecule has 0 aromatic rings. The molecule has 0 saturated carbocycles. The van der Waals surface area contributed by atoms with Crippen LogP contribution in [-0.2, 0) is 9.53 Å². The van der Waals surface area contributed by atoms with Gasteiger partial charge in [0.15, 0.2) is 0 Å². The van der Waals surface area contributed by atoms with Crippen LogP contribution in [0.2, 0.25) is 0 Å². The molecule has 0 saturated heterocycles. The molecule has 114 valence electrons. The molecule has 0 fully saturated rings. The Balaban J connectivity index is 4.22. The number of hydrogen-bond acceptors (Lipinski definition) is 3. The van der Waals surface area contributed by atoms with Crippen LogP contribution in [0, 0.1) is 10.8 Å². The van der Waals surface area contributed by atoms with Gasteiger partial charge in [0.2, 0.25) is 0 Å². The van der Waals surface area contributed by atoms with Gasteiger partial charge >= 0.3 is 0 Å². The summed E-state index contributed by atoms with van der Waals surface area (Å²) >= 11 is 0. The Labute approximate surface area is 119 Å². The van der Waals surface area contributed by atoms with Crippen LogP contribution < -0.4 is 0 Å². The van der Waals surface area contributed by atoms with Crippen LogP contribution in [0.3, 0.4) is 0 Å². The van der Waals surface area contributed by atoms with Crippen molar-refractivity contribution < 1.29 is 9.53 Å². The Morgan fingerprint density at radius 3 is 2.11 bits per heavy atom. The lowest BCUT2D eigenvalue weighted by Crippen LogP contribution is -2.39. The molecule has 0 aliphatic carbocycles. The second kappa shape index (κ2) is 7.39. The Kier molecular flexibility index (Phi) is 7.23. The number of rotatable bonds is 9. The van der Waals surface area contributed by atoms with Gasteiger partial charge in [-0.15, -0.1) is 0 Å². The molecule has 0 aliphatic heterocycles. The van der Waals surface area contributed by atoms with Crippen molar-refractivity contribution in [3.8, 4) is 0 Å². The largest absolute Gasteiger partial charge is 0.380 e. The maximum Gasteiger partial charge on any atom is 0.140 e. The van der Waals surface area contributed by atoms with E-state index < -0.39 is 0 Å². The zero-order valence-corrected chi connectivity index (χ0v) is 14.2. The normalized spacial score (nSPS) is 13.4. The summed E-state index contributed by atoms with van der Waals surface area (Å²) in [6, 6.07) is 0.539. The Morgan fingerprint density at radius 2 is 1.68 bits per heavy atom. The zero-order chi connectivity index (χ0) is 15.3. The zero-order valence-electron chi connectivity index (χ0n) is 14.2. The van der Waals surface area contributed by atoms with Crippen molar-refractivity contribution in [1.82, 2.24) is 4.90 Å². The van der Waals surface area contributed by atoms with Gasteiger partial charge in [-0.2, -0.15) is 0 Å². The highest BCUT2D eigenvalue weighted by molar-refractivity contribution is 5.83. The number of hydrogen-bond donors (Lipinski definition) is 0. The quantitative estimate of drug-likeness (QED) is 0.644. The van der Waals surface area contributed by atoms with Gasteiger partial charge in [-0.1, -0.05) is 34.6 Å². The molecule has 0 spiro atoms. The van der Waals surface area contributed by atoms with E-state index in [2.05, 4.69) is 39.6 Å². The van der Waals surface area contributed by atoms with Gasteiger partial charge in [0, 0.05) is 29.8 Å². The second-order valence-corrected chi connectivity index (χ2v) is 7.33. The summed E-state index contributed by atoms with van der Waals surface area (Å²) in [6.07, 6.45) is 0.579. The standard InChI is InChI=1S/C16H33NO2/c1-9-14(18)16(6,7)12-19-11-15(4,5)10-17(8)13(2)3/h13H,9-12H2,1-8H3. The van der Waals surface area contributed by atoms with Crippen molar-refractivity contribution in [2.75, 3.05) is 26.8 Å². The second-order valence-electron chi connectivity index (χ2n) is 7.33. The molecule has 0 aromatic heterocycles. The minimum absolute atomic E-state index is 0.102. The van der Waals surface area contributed by atoms with Crippen LogP contribution in [0.25, 0.3) is 0 Å². The van der Waals surface area contributed by atoms with E-state index >= 15 is 0 Å². The molecule has 0 rings (SSSR count). The number of carbonyl (C=O) groups is 1. The van der Waals surface area contributed by atoms with Crippen molar-refractivity contribution in [3.05, 3.63) is 0 Å². The molecular weight excluding hydrogens is 238 g/mol. The SMILES string of the molecule is CCC(=O)C(C)(C)COCC(C)(C)CN(C)C(C)C. The van der Waals surface area contributed by atoms with Crippen LogP contribution >= 0.6 is 0 Å². The molecule has 3 nitrogen and oxygen atoms in total. The fourth-order valence-electron chi connectivity index (χ4n) is 2.04. The first-order chi connectivity index (χ1) is 8.52. The molecule has 3 heteroatoms. The van der Waals surface area contributed by atoms with Crippen molar-refractivity contribution >= 4 is 5.78 Å². The minimum atomic E-state index is -0.366. The predicted octanol–water partition coefficient (Wildman–Crippen LogP) is 3.37. The molecule has 0 unspecified atom stereocenters. The summed E-state index contributed by atoms with van der Waals surface area (Å²) in [5, 5.41) is 0. The number of nitrogens with zero attached hydrogens (tertiary/aromatic N) is 1. The maximum atomic E-state index is 11.8. The van der Waals surface area contributed by atoms with Crippen molar-refractivity contribution in [2.45, 2.75) is 60.9 Å². The molecule has 0 aromatic carbocycles. The van der Waals surface area contributed by atoms with Crippen molar-refractivity contribution in [1.29, 1.82) is 0 Å². The first-order valence-electron chi connectivity index (χ1n) is 7.33. The summed E-state index contributed by atoms with van der Waals surface area (Å²) in [7, 11) is 2.14. The number of ether oxygens (including phenoxy) is 1. The average molecular weight is 271 g/mol. The van der Waals surface area contributed by atoms with Gasteiger partial charge in [-0.3, -0.25) is 4.79 Å². The third-order valence-electron chi connectivity index (χ3n) is 3.59. The Morgan fingerprint density at radius 1 is 1.16 bits per heavy atom. The van der Waals surface area contributed by atoms with Crippen molar-refractivity contribution in [2.24, 2.45) is 10.8 Å². The maximum absolute atomic E-state index is 11.8. The molecule has 0 aliphatic rings. The van der Waals surface area contributed by atoms with E-state index in [0.717, 1.165) is 6.54 Å². The lowest BCUT2D eigenvalue weighted by molar-refractivity contribution is -0.130. The monoisotopic (exact) mass is 271 g/mol. The summed E-state index contributed by atoms with van der Waals surface area (Å²) in [5.41, 5.74) is -0.265. The highest BCUT2D eigenvalue weighted by atomic mass is 16.5. The Bertz CT molecular complexity index is 282. The molecule has 0 heterocycles. The third kappa shape index (κ3) is 7.07. The van der Waals surface area contributed by atoms with E-state index in [-0.39, 0.29) is 16.6 Å². The van der Waals surface area contributed by atoms with E-state index in [1.54, 1.807) is 0 Å². The number of Topliss-reactive ketones (excluding diaryl/α,β-unsaturated/α-hetero) is 1. The summed E-state index contributed by atoms with van der Waals surface area (Å²) < 4.78 is 5.82. The average Bonchev–Trinajstić information content (AvgIpc) is 2.26. The summed E-state index contributed by atoms with van der Waals surface area (Å²) in [5.74, 6) is 0.268. The molecule has 0 atom stereocenters. The first kappa shape index (κ1) is 18.6. The number of carbonyl (C=O) groups excluding carboxylic acids is 1. The molecule has 0 radical (unpaired) electrons. The fraction of sp³-hybridized carbons (Fsp3) is 0.938. The predicted molar refractivity (Wildman–Crippen MR) is 81.4 cm³/mol. The number of ketones is 1. The van der Waals surface area contributed by atoms with Crippen LogP contribution in [0.15, 0.2) is 0 Å². The minimum Gasteiger partial charge on any atom is -0.380 e.